The molecule has 1 amide bonds. The number of rotatable bonds is 6. The van der Waals surface area contributed by atoms with E-state index in [2.05, 4.69) is 11.1 Å². The van der Waals surface area contributed by atoms with Gasteiger partial charge in [-0.3, -0.25) is 9.69 Å². The number of piperazine rings is 1. The molecule has 1 aliphatic rings. The molecule has 0 aliphatic carbocycles. The Balaban J connectivity index is 1.60. The summed E-state index contributed by atoms with van der Waals surface area (Å²) in [6.07, 6.45) is -3.49. The van der Waals surface area contributed by atoms with E-state index >= 15 is 0 Å². The van der Waals surface area contributed by atoms with E-state index < -0.39 is 11.7 Å². The molecule has 1 saturated heterocycles. The summed E-state index contributed by atoms with van der Waals surface area (Å²) >= 11 is 6.04. The van der Waals surface area contributed by atoms with Gasteiger partial charge >= 0.3 is 6.18 Å². The SMILES string of the molecule is N#CCCN(C(=O)CN1CCN(c2ncc(C(F)(F)F)cc2Cl)CC1)c1ccccc1. The molecule has 1 aromatic heterocycles. The summed E-state index contributed by atoms with van der Waals surface area (Å²) in [6, 6.07) is 12.1. The Kier molecular flexibility index (Phi) is 7.36. The number of anilines is 2. The van der Waals surface area contributed by atoms with Crippen LogP contribution in [0.3, 0.4) is 0 Å². The van der Waals surface area contributed by atoms with Crippen molar-refractivity contribution in [1.29, 1.82) is 5.26 Å². The van der Waals surface area contributed by atoms with Gasteiger partial charge in [0.05, 0.1) is 29.6 Å². The number of carbonyl (C=O) groups excluding carboxylic acids is 1. The number of para-hydroxylation sites is 1. The second-order valence-electron chi connectivity index (χ2n) is 7.08. The smallest absolute Gasteiger partial charge is 0.353 e. The third-order valence-electron chi connectivity index (χ3n) is 5.00. The molecule has 0 atom stereocenters. The second-order valence-corrected chi connectivity index (χ2v) is 7.49. The van der Waals surface area contributed by atoms with E-state index in [1.807, 2.05) is 40.1 Å². The lowest BCUT2D eigenvalue weighted by Gasteiger charge is -2.36. The Morgan fingerprint density at radius 2 is 1.87 bits per heavy atom. The number of hydrogen-bond donors (Lipinski definition) is 0. The third kappa shape index (κ3) is 5.87. The van der Waals surface area contributed by atoms with Gasteiger partial charge in [0, 0.05) is 44.6 Å². The topological polar surface area (TPSA) is 63.5 Å². The van der Waals surface area contributed by atoms with Gasteiger partial charge in [-0.15, -0.1) is 0 Å². The standard InChI is InChI=1S/C21H21ClF3N5O/c22-18-13-16(21(23,24)25)14-27-20(18)29-11-9-28(10-12-29)15-19(31)30(8-4-7-26)17-5-2-1-3-6-17/h1-3,5-6,13-14H,4,8-12,15H2. The Hall–Kier alpha value is -2.83. The molecule has 1 aromatic carbocycles. The Morgan fingerprint density at radius 1 is 1.19 bits per heavy atom. The molecule has 1 fully saturated rings. The fourth-order valence-electron chi connectivity index (χ4n) is 3.38. The molecule has 0 spiro atoms. The van der Waals surface area contributed by atoms with Gasteiger partial charge in [0.15, 0.2) is 0 Å². The molecule has 0 bridgehead atoms. The number of nitrogens with zero attached hydrogens (tertiary/aromatic N) is 5. The molecular formula is C21H21ClF3N5O. The molecule has 10 heteroatoms. The normalized spacial score (nSPS) is 14.9. The van der Waals surface area contributed by atoms with Crippen LogP contribution in [0.1, 0.15) is 12.0 Å². The van der Waals surface area contributed by atoms with Crippen LogP contribution in [-0.2, 0) is 11.0 Å². The van der Waals surface area contributed by atoms with Crippen molar-refractivity contribution in [2.45, 2.75) is 12.6 Å². The summed E-state index contributed by atoms with van der Waals surface area (Å²) in [6.45, 7) is 2.52. The zero-order valence-corrected chi connectivity index (χ0v) is 17.4. The highest BCUT2D eigenvalue weighted by Crippen LogP contribution is 2.33. The van der Waals surface area contributed by atoms with Crippen molar-refractivity contribution in [2.75, 3.05) is 49.1 Å². The zero-order chi connectivity index (χ0) is 22.4. The number of hydrogen-bond acceptors (Lipinski definition) is 5. The fraction of sp³-hybridized carbons (Fsp3) is 0.381. The van der Waals surface area contributed by atoms with Crippen LogP contribution in [0.25, 0.3) is 0 Å². The largest absolute Gasteiger partial charge is 0.417 e. The van der Waals surface area contributed by atoms with E-state index in [0.717, 1.165) is 18.0 Å². The molecule has 2 aromatic rings. The van der Waals surface area contributed by atoms with Crippen LogP contribution in [0, 0.1) is 11.3 Å². The third-order valence-corrected chi connectivity index (χ3v) is 5.27. The lowest BCUT2D eigenvalue weighted by atomic mass is 10.2. The summed E-state index contributed by atoms with van der Waals surface area (Å²) < 4.78 is 38.4. The van der Waals surface area contributed by atoms with Gasteiger partial charge in [0.1, 0.15) is 5.82 Å². The number of nitriles is 1. The number of benzene rings is 1. The Bertz CT molecular complexity index is 940. The van der Waals surface area contributed by atoms with E-state index in [0.29, 0.717) is 38.5 Å². The highest BCUT2D eigenvalue weighted by Gasteiger charge is 2.32. The first-order valence-electron chi connectivity index (χ1n) is 9.72. The maximum atomic E-state index is 12.9. The summed E-state index contributed by atoms with van der Waals surface area (Å²) in [5.41, 5.74) is -0.147. The molecule has 0 saturated carbocycles. The fourth-order valence-corrected chi connectivity index (χ4v) is 3.67. The van der Waals surface area contributed by atoms with Gasteiger partial charge in [-0.1, -0.05) is 29.8 Å². The predicted octanol–water partition coefficient (Wildman–Crippen LogP) is 3.82. The van der Waals surface area contributed by atoms with Crippen LogP contribution in [0.15, 0.2) is 42.6 Å². The molecule has 31 heavy (non-hydrogen) atoms. The van der Waals surface area contributed by atoms with Crippen molar-refractivity contribution in [3.8, 4) is 6.07 Å². The van der Waals surface area contributed by atoms with Crippen molar-refractivity contribution < 1.29 is 18.0 Å². The monoisotopic (exact) mass is 451 g/mol. The first-order valence-corrected chi connectivity index (χ1v) is 10.1. The summed E-state index contributed by atoms with van der Waals surface area (Å²) in [5.74, 6) is 0.196. The first-order chi connectivity index (χ1) is 14.8. The number of aromatic nitrogens is 1. The first kappa shape index (κ1) is 22.8. The van der Waals surface area contributed by atoms with Crippen molar-refractivity contribution in [1.82, 2.24) is 9.88 Å². The van der Waals surface area contributed by atoms with Gasteiger partial charge < -0.3 is 9.80 Å². The Morgan fingerprint density at radius 3 is 2.45 bits per heavy atom. The minimum absolute atomic E-state index is 0.0499. The maximum Gasteiger partial charge on any atom is 0.417 e. The molecule has 6 nitrogen and oxygen atoms in total. The number of pyridine rings is 1. The summed E-state index contributed by atoms with van der Waals surface area (Å²) in [4.78, 5) is 22.2. The van der Waals surface area contributed by atoms with Gasteiger partial charge in [0.25, 0.3) is 0 Å². The maximum absolute atomic E-state index is 12.9. The van der Waals surface area contributed by atoms with E-state index in [1.165, 1.54) is 0 Å². The van der Waals surface area contributed by atoms with E-state index in [-0.39, 0.29) is 23.9 Å². The van der Waals surface area contributed by atoms with Crippen LogP contribution >= 0.6 is 11.6 Å². The molecule has 0 N–H and O–H groups in total. The van der Waals surface area contributed by atoms with Crippen molar-refractivity contribution in [3.05, 3.63) is 53.2 Å². The van der Waals surface area contributed by atoms with Gasteiger partial charge in [-0.2, -0.15) is 18.4 Å². The lowest BCUT2D eigenvalue weighted by molar-refractivity contribution is -0.137. The quantitative estimate of drug-likeness (QED) is 0.668. The second kappa shape index (κ2) is 9.98. The van der Waals surface area contributed by atoms with Crippen molar-refractivity contribution >= 4 is 29.0 Å². The van der Waals surface area contributed by atoms with E-state index in [9.17, 15) is 18.0 Å². The van der Waals surface area contributed by atoms with Crippen LogP contribution in [-0.4, -0.2) is 55.1 Å². The molecule has 0 radical (unpaired) electrons. The molecule has 0 unspecified atom stereocenters. The van der Waals surface area contributed by atoms with Crippen LogP contribution < -0.4 is 9.80 Å². The number of amides is 1. The van der Waals surface area contributed by atoms with Gasteiger partial charge in [-0.05, 0) is 18.2 Å². The zero-order valence-electron chi connectivity index (χ0n) is 16.6. The van der Waals surface area contributed by atoms with E-state index in [1.54, 1.807) is 4.90 Å². The highest BCUT2D eigenvalue weighted by atomic mass is 35.5. The van der Waals surface area contributed by atoms with Gasteiger partial charge in [-0.25, -0.2) is 4.98 Å². The van der Waals surface area contributed by atoms with Crippen molar-refractivity contribution in [3.63, 3.8) is 0 Å². The van der Waals surface area contributed by atoms with Crippen LogP contribution in [0.4, 0.5) is 24.7 Å². The average molecular weight is 452 g/mol. The minimum atomic E-state index is -4.50. The molecule has 1 aliphatic heterocycles. The number of carbonyl (C=O) groups is 1. The number of alkyl halides is 3. The molecule has 3 rings (SSSR count). The summed E-state index contributed by atoms with van der Waals surface area (Å²) in [5, 5.41) is 8.85. The minimum Gasteiger partial charge on any atom is -0.353 e. The molecule has 164 valence electrons. The highest BCUT2D eigenvalue weighted by molar-refractivity contribution is 6.33. The lowest BCUT2D eigenvalue weighted by Crippen LogP contribution is -2.50. The predicted molar refractivity (Wildman–Crippen MR) is 112 cm³/mol. The number of halogens is 4. The van der Waals surface area contributed by atoms with Crippen LogP contribution in [0.5, 0.6) is 0 Å². The van der Waals surface area contributed by atoms with Crippen molar-refractivity contribution in [2.24, 2.45) is 0 Å². The Labute approximate surface area is 183 Å². The van der Waals surface area contributed by atoms with E-state index in [4.69, 9.17) is 16.9 Å². The molecule has 2 heterocycles. The van der Waals surface area contributed by atoms with Gasteiger partial charge in [0.2, 0.25) is 5.91 Å². The van der Waals surface area contributed by atoms with Crippen LogP contribution in [0.2, 0.25) is 5.02 Å². The summed E-state index contributed by atoms with van der Waals surface area (Å²) in [7, 11) is 0. The molecular weight excluding hydrogens is 431 g/mol. The average Bonchev–Trinajstić information content (AvgIpc) is 2.75.